The van der Waals surface area contributed by atoms with Gasteiger partial charge in [0, 0.05) is 31.9 Å². The highest BCUT2D eigenvalue weighted by Gasteiger charge is 2.25. The molecule has 3 rings (SSSR count). The number of amides is 1. The Morgan fingerprint density at radius 3 is 2.54 bits per heavy atom. The predicted molar refractivity (Wildman–Crippen MR) is 101 cm³/mol. The second-order valence-corrected chi connectivity index (χ2v) is 6.51. The molecule has 26 heavy (non-hydrogen) atoms. The first-order valence-corrected chi connectivity index (χ1v) is 9.18. The summed E-state index contributed by atoms with van der Waals surface area (Å²) in [6, 6.07) is 11.2. The van der Waals surface area contributed by atoms with Gasteiger partial charge in [-0.2, -0.15) is 0 Å². The molecule has 0 radical (unpaired) electrons. The first kappa shape index (κ1) is 18.5. The van der Waals surface area contributed by atoms with E-state index in [1.807, 2.05) is 50.2 Å². The summed E-state index contributed by atoms with van der Waals surface area (Å²) in [5.74, 6) is 1.82. The normalized spacial score (nSPS) is 17.0. The second-order valence-electron chi connectivity index (χ2n) is 6.51. The minimum atomic E-state index is -0.160. The van der Waals surface area contributed by atoms with Gasteiger partial charge in [-0.1, -0.05) is 0 Å². The van der Waals surface area contributed by atoms with Crippen LogP contribution < -0.4 is 10.1 Å². The van der Waals surface area contributed by atoms with Gasteiger partial charge in [0.1, 0.15) is 11.5 Å². The molecule has 2 heterocycles. The molecule has 0 spiro atoms. The molecular formula is C20H27N3O3. The molecule has 140 valence electrons. The average Bonchev–Trinajstić information content (AvgIpc) is 3.16. The quantitative estimate of drug-likeness (QED) is 0.826. The van der Waals surface area contributed by atoms with Crippen LogP contribution in [0.2, 0.25) is 0 Å². The lowest BCUT2D eigenvalue weighted by atomic mass is 10.2. The van der Waals surface area contributed by atoms with Gasteiger partial charge in [0.05, 0.1) is 25.5 Å². The van der Waals surface area contributed by atoms with Crippen LogP contribution in [0.15, 0.2) is 47.1 Å². The fourth-order valence-electron chi connectivity index (χ4n) is 3.15. The zero-order valence-corrected chi connectivity index (χ0v) is 15.5. The molecule has 1 aromatic heterocycles. The van der Waals surface area contributed by atoms with Crippen LogP contribution >= 0.6 is 0 Å². The molecule has 1 aromatic carbocycles. The molecule has 0 saturated carbocycles. The van der Waals surface area contributed by atoms with E-state index >= 15 is 0 Å². The summed E-state index contributed by atoms with van der Waals surface area (Å²) in [5, 5.41) is 2.99. The third kappa shape index (κ3) is 4.86. The maximum absolute atomic E-state index is 12.5. The number of benzene rings is 1. The number of piperazine rings is 1. The maximum Gasteiger partial charge on any atom is 0.241 e. The lowest BCUT2D eigenvalue weighted by Crippen LogP contribution is -2.52. The molecule has 1 fully saturated rings. The fourth-order valence-corrected chi connectivity index (χ4v) is 3.15. The molecule has 1 saturated heterocycles. The summed E-state index contributed by atoms with van der Waals surface area (Å²) >= 11 is 0. The van der Waals surface area contributed by atoms with Gasteiger partial charge in [0.2, 0.25) is 5.91 Å². The molecule has 0 bridgehead atoms. The number of ether oxygens (including phenoxy) is 1. The lowest BCUT2D eigenvalue weighted by Gasteiger charge is -2.37. The van der Waals surface area contributed by atoms with Crippen LogP contribution in [-0.4, -0.2) is 54.5 Å². The molecule has 1 atom stereocenters. The highest BCUT2D eigenvalue weighted by atomic mass is 16.5. The number of nitrogens with one attached hydrogen (secondary N) is 1. The summed E-state index contributed by atoms with van der Waals surface area (Å²) in [5.41, 5.74) is 0.793. The number of nitrogens with zero attached hydrogens (tertiary/aromatic N) is 2. The Kier molecular flexibility index (Phi) is 6.30. The SMILES string of the molecule is CCOc1ccc(NC(=O)C(C)N2CCN(Cc3ccco3)CC2)cc1. The van der Waals surface area contributed by atoms with Gasteiger partial charge < -0.3 is 14.5 Å². The zero-order valence-electron chi connectivity index (χ0n) is 15.5. The van der Waals surface area contributed by atoms with Crippen molar-refractivity contribution >= 4 is 11.6 Å². The van der Waals surface area contributed by atoms with Crippen LogP contribution in [0.3, 0.4) is 0 Å². The van der Waals surface area contributed by atoms with Gasteiger partial charge in [-0.3, -0.25) is 14.6 Å². The lowest BCUT2D eigenvalue weighted by molar-refractivity contribution is -0.121. The van der Waals surface area contributed by atoms with E-state index in [-0.39, 0.29) is 11.9 Å². The van der Waals surface area contributed by atoms with Gasteiger partial charge in [-0.05, 0) is 50.2 Å². The van der Waals surface area contributed by atoms with E-state index < -0.39 is 0 Å². The highest BCUT2D eigenvalue weighted by molar-refractivity contribution is 5.94. The van der Waals surface area contributed by atoms with Crippen molar-refractivity contribution in [3.63, 3.8) is 0 Å². The number of hydrogen-bond donors (Lipinski definition) is 1. The predicted octanol–water partition coefficient (Wildman–Crippen LogP) is 2.82. The van der Waals surface area contributed by atoms with Crippen LogP contribution in [0.5, 0.6) is 5.75 Å². The van der Waals surface area contributed by atoms with Crippen LogP contribution in [0.25, 0.3) is 0 Å². The Morgan fingerprint density at radius 1 is 1.19 bits per heavy atom. The Hall–Kier alpha value is -2.31. The molecule has 0 aliphatic carbocycles. The van der Waals surface area contributed by atoms with Crippen molar-refractivity contribution in [1.29, 1.82) is 0 Å². The average molecular weight is 357 g/mol. The topological polar surface area (TPSA) is 58.0 Å². The molecule has 6 nitrogen and oxygen atoms in total. The molecular weight excluding hydrogens is 330 g/mol. The van der Waals surface area contributed by atoms with Crippen molar-refractivity contribution in [2.45, 2.75) is 26.4 Å². The van der Waals surface area contributed by atoms with Crippen molar-refractivity contribution in [3.05, 3.63) is 48.4 Å². The summed E-state index contributed by atoms with van der Waals surface area (Å²) in [7, 11) is 0. The third-order valence-corrected chi connectivity index (χ3v) is 4.73. The van der Waals surface area contributed by atoms with Gasteiger partial charge in [-0.25, -0.2) is 0 Å². The van der Waals surface area contributed by atoms with E-state index in [1.165, 1.54) is 0 Å². The molecule has 6 heteroatoms. The Morgan fingerprint density at radius 2 is 1.92 bits per heavy atom. The number of rotatable bonds is 7. The van der Waals surface area contributed by atoms with Crippen molar-refractivity contribution < 1.29 is 13.9 Å². The third-order valence-electron chi connectivity index (χ3n) is 4.73. The second kappa shape index (κ2) is 8.87. The smallest absolute Gasteiger partial charge is 0.241 e. The summed E-state index contributed by atoms with van der Waals surface area (Å²) < 4.78 is 10.8. The van der Waals surface area contributed by atoms with Crippen molar-refractivity contribution in [3.8, 4) is 5.75 Å². The number of carbonyl (C=O) groups is 1. The van der Waals surface area contributed by atoms with Crippen molar-refractivity contribution in [2.75, 3.05) is 38.1 Å². The summed E-state index contributed by atoms with van der Waals surface area (Å²) in [4.78, 5) is 17.1. The minimum absolute atomic E-state index is 0.0219. The van der Waals surface area contributed by atoms with Gasteiger partial charge >= 0.3 is 0 Å². The van der Waals surface area contributed by atoms with E-state index in [9.17, 15) is 4.79 Å². The van der Waals surface area contributed by atoms with E-state index in [0.29, 0.717) is 6.61 Å². The van der Waals surface area contributed by atoms with Crippen molar-refractivity contribution in [1.82, 2.24) is 9.80 Å². The fraction of sp³-hybridized carbons (Fsp3) is 0.450. The van der Waals surface area contributed by atoms with E-state index in [0.717, 1.165) is 49.9 Å². The van der Waals surface area contributed by atoms with Crippen LogP contribution in [0, 0.1) is 0 Å². The Bertz CT molecular complexity index is 677. The monoisotopic (exact) mass is 357 g/mol. The Balaban J connectivity index is 1.46. The number of anilines is 1. The van der Waals surface area contributed by atoms with E-state index in [4.69, 9.17) is 9.15 Å². The molecule has 2 aromatic rings. The Labute approximate surface area is 154 Å². The van der Waals surface area contributed by atoms with Crippen LogP contribution in [0.4, 0.5) is 5.69 Å². The summed E-state index contributed by atoms with van der Waals surface area (Å²) in [6.07, 6.45) is 1.71. The van der Waals surface area contributed by atoms with Crippen LogP contribution in [0.1, 0.15) is 19.6 Å². The first-order chi connectivity index (χ1) is 12.7. The molecule has 1 unspecified atom stereocenters. The molecule has 1 amide bonds. The largest absolute Gasteiger partial charge is 0.494 e. The van der Waals surface area contributed by atoms with Gasteiger partial charge in [-0.15, -0.1) is 0 Å². The first-order valence-electron chi connectivity index (χ1n) is 9.18. The minimum Gasteiger partial charge on any atom is -0.494 e. The number of hydrogen-bond acceptors (Lipinski definition) is 5. The molecule has 1 N–H and O–H groups in total. The van der Waals surface area contributed by atoms with Gasteiger partial charge in [0.15, 0.2) is 0 Å². The number of carbonyl (C=O) groups excluding carboxylic acids is 1. The van der Waals surface area contributed by atoms with E-state index in [1.54, 1.807) is 6.26 Å². The zero-order chi connectivity index (χ0) is 18.4. The maximum atomic E-state index is 12.5. The highest BCUT2D eigenvalue weighted by Crippen LogP contribution is 2.17. The van der Waals surface area contributed by atoms with Crippen molar-refractivity contribution in [2.24, 2.45) is 0 Å². The molecule has 1 aliphatic rings. The van der Waals surface area contributed by atoms with Gasteiger partial charge in [0.25, 0.3) is 0 Å². The molecule has 1 aliphatic heterocycles. The van der Waals surface area contributed by atoms with E-state index in [2.05, 4.69) is 15.1 Å². The van der Waals surface area contributed by atoms with Crippen LogP contribution in [-0.2, 0) is 11.3 Å². The summed E-state index contributed by atoms with van der Waals surface area (Å²) in [6.45, 7) is 8.99. The standard InChI is InChI=1S/C20H27N3O3/c1-3-25-18-8-6-17(7-9-18)21-20(24)16(2)23-12-10-22(11-13-23)15-19-5-4-14-26-19/h4-9,14,16H,3,10-13,15H2,1-2H3,(H,21,24). The number of furan rings is 1.